The lowest BCUT2D eigenvalue weighted by molar-refractivity contribution is 0.118. The average molecular weight is 485 g/mol. The van der Waals surface area contributed by atoms with Gasteiger partial charge in [-0.15, -0.1) is 11.3 Å². The maximum absolute atomic E-state index is 12.6. The molecule has 0 amide bonds. The number of benzene rings is 4. The van der Waals surface area contributed by atoms with Crippen LogP contribution < -0.4 is 4.74 Å². The Morgan fingerprint density at radius 1 is 0.774 bits per heavy atom. The van der Waals surface area contributed by atoms with Gasteiger partial charge in [-0.2, -0.15) is 0 Å². The second-order valence-corrected chi connectivity index (χ2v) is 9.59. The van der Waals surface area contributed by atoms with E-state index in [0.29, 0.717) is 5.75 Å². The molecule has 31 heavy (non-hydrogen) atoms. The van der Waals surface area contributed by atoms with Gasteiger partial charge in [-0.05, 0) is 35.4 Å². The first-order valence-corrected chi connectivity index (χ1v) is 11.6. The van der Waals surface area contributed by atoms with Crippen molar-refractivity contribution in [1.82, 2.24) is 0 Å². The minimum atomic E-state index is -1.33. The molecule has 150 valence electrons. The summed E-state index contributed by atoms with van der Waals surface area (Å²) in [6, 6.07) is 32.2. The number of thiophene rings is 1. The number of halogens is 1. The smallest absolute Gasteiger partial charge is 0.157 e. The van der Waals surface area contributed by atoms with Crippen molar-refractivity contribution < 1.29 is 9.84 Å². The first-order valence-electron chi connectivity index (χ1n) is 10.0. The van der Waals surface area contributed by atoms with E-state index in [1.165, 1.54) is 0 Å². The van der Waals surface area contributed by atoms with Crippen molar-refractivity contribution in [1.29, 1.82) is 0 Å². The highest BCUT2D eigenvalue weighted by molar-refractivity contribution is 9.10. The highest BCUT2D eigenvalue weighted by Crippen LogP contribution is 2.57. The van der Waals surface area contributed by atoms with Crippen LogP contribution >= 0.6 is 27.3 Å². The van der Waals surface area contributed by atoms with Crippen LogP contribution in [0, 0.1) is 0 Å². The van der Waals surface area contributed by atoms with Crippen LogP contribution in [0.4, 0.5) is 0 Å². The predicted molar refractivity (Wildman–Crippen MR) is 130 cm³/mol. The van der Waals surface area contributed by atoms with Crippen molar-refractivity contribution in [2.24, 2.45) is 0 Å². The lowest BCUT2D eigenvalue weighted by Crippen LogP contribution is -2.31. The van der Waals surface area contributed by atoms with E-state index >= 15 is 0 Å². The van der Waals surface area contributed by atoms with Gasteiger partial charge in [-0.1, -0.05) is 88.7 Å². The molecule has 1 aliphatic rings. The Bertz CT molecular complexity index is 1440. The monoisotopic (exact) mass is 484 g/mol. The molecule has 4 aromatic carbocycles. The molecule has 1 N–H and O–H groups in total. The molecule has 1 aromatic heterocycles. The average Bonchev–Trinajstić information content (AvgIpc) is 3.18. The van der Waals surface area contributed by atoms with Crippen molar-refractivity contribution in [3.63, 3.8) is 0 Å². The third-order valence-electron chi connectivity index (χ3n) is 5.82. The number of para-hydroxylation sites is 1. The molecule has 0 saturated carbocycles. The molecule has 0 spiro atoms. The van der Waals surface area contributed by atoms with Gasteiger partial charge in [0.15, 0.2) is 11.4 Å². The number of aliphatic hydroxyl groups is 1. The van der Waals surface area contributed by atoms with Crippen LogP contribution in [0.5, 0.6) is 11.5 Å². The Kier molecular flexibility index (Phi) is 4.29. The van der Waals surface area contributed by atoms with E-state index in [1.54, 1.807) is 11.3 Å². The van der Waals surface area contributed by atoms with Gasteiger partial charge in [0.25, 0.3) is 0 Å². The summed E-state index contributed by atoms with van der Waals surface area (Å²) >= 11 is 5.16. The molecule has 0 fully saturated rings. The summed E-state index contributed by atoms with van der Waals surface area (Å²) in [4.78, 5) is 0.808. The van der Waals surface area contributed by atoms with Crippen LogP contribution in [0.25, 0.3) is 21.2 Å². The Morgan fingerprint density at radius 2 is 1.48 bits per heavy atom. The van der Waals surface area contributed by atoms with Gasteiger partial charge in [-0.25, -0.2) is 0 Å². The lowest BCUT2D eigenvalue weighted by atomic mass is 9.79. The number of fused-ring (bicyclic) bond motifs is 4. The number of rotatable bonds is 2. The fraction of sp³-hybridized carbons (Fsp3) is 0.0370. The number of hydrogen-bond donors (Lipinski definition) is 1. The Balaban J connectivity index is 1.71. The van der Waals surface area contributed by atoms with Crippen molar-refractivity contribution in [3.05, 3.63) is 118 Å². The summed E-state index contributed by atoms with van der Waals surface area (Å²) in [5.41, 5.74) is 2.36. The predicted octanol–water partition coefficient (Wildman–Crippen LogP) is 7.72. The maximum atomic E-state index is 12.6. The van der Waals surface area contributed by atoms with Gasteiger partial charge in [0, 0.05) is 25.7 Å². The van der Waals surface area contributed by atoms with E-state index in [9.17, 15) is 5.11 Å². The molecule has 4 heteroatoms. The molecule has 0 saturated heterocycles. The summed E-state index contributed by atoms with van der Waals surface area (Å²) < 4.78 is 8.44. The molecule has 1 unspecified atom stereocenters. The fourth-order valence-corrected chi connectivity index (χ4v) is 6.00. The highest BCUT2D eigenvalue weighted by atomic mass is 79.9. The molecule has 1 atom stereocenters. The van der Waals surface area contributed by atoms with E-state index < -0.39 is 5.60 Å². The first kappa shape index (κ1) is 18.8. The molecular formula is C27H17BrO2S. The first-order chi connectivity index (χ1) is 15.2. The molecule has 0 aliphatic carbocycles. The largest absolute Gasteiger partial charge is 0.455 e. The van der Waals surface area contributed by atoms with E-state index in [-0.39, 0.29) is 0 Å². The van der Waals surface area contributed by atoms with E-state index in [0.717, 1.165) is 47.4 Å². The number of hydrogen-bond acceptors (Lipinski definition) is 3. The maximum Gasteiger partial charge on any atom is 0.157 e. The summed E-state index contributed by atoms with van der Waals surface area (Å²) in [5.74, 6) is 1.41. The Morgan fingerprint density at radius 3 is 2.32 bits per heavy atom. The third-order valence-corrected chi connectivity index (χ3v) is 7.58. The summed E-state index contributed by atoms with van der Waals surface area (Å²) in [6.45, 7) is 0. The van der Waals surface area contributed by atoms with Gasteiger partial charge in [0.1, 0.15) is 5.75 Å². The lowest BCUT2D eigenvalue weighted by Gasteiger charge is -2.35. The van der Waals surface area contributed by atoms with Crippen LogP contribution in [0.2, 0.25) is 0 Å². The van der Waals surface area contributed by atoms with Gasteiger partial charge in [-0.3, -0.25) is 0 Å². The van der Waals surface area contributed by atoms with Crippen LogP contribution in [-0.4, -0.2) is 5.11 Å². The number of ether oxygens (including phenoxy) is 1. The van der Waals surface area contributed by atoms with Crippen molar-refractivity contribution in [3.8, 4) is 22.6 Å². The quantitative estimate of drug-likeness (QED) is 0.277. The summed E-state index contributed by atoms with van der Waals surface area (Å²) in [6.07, 6.45) is 0. The molecule has 2 heterocycles. The van der Waals surface area contributed by atoms with E-state index in [1.807, 2.05) is 66.7 Å². The van der Waals surface area contributed by atoms with Crippen LogP contribution in [0.15, 0.2) is 102 Å². The molecule has 0 radical (unpaired) electrons. The van der Waals surface area contributed by atoms with Crippen molar-refractivity contribution in [2.45, 2.75) is 5.60 Å². The highest BCUT2D eigenvalue weighted by Gasteiger charge is 2.45. The summed E-state index contributed by atoms with van der Waals surface area (Å²) in [5, 5.41) is 13.6. The second-order valence-electron chi connectivity index (χ2n) is 7.62. The normalized spacial score (nSPS) is 17.1. The van der Waals surface area contributed by atoms with Gasteiger partial charge in [0.05, 0.1) is 4.88 Å². The summed E-state index contributed by atoms with van der Waals surface area (Å²) in [7, 11) is 0. The Labute approximate surface area is 192 Å². The minimum Gasteiger partial charge on any atom is -0.455 e. The van der Waals surface area contributed by atoms with Crippen LogP contribution in [0.1, 0.15) is 16.0 Å². The molecule has 0 bridgehead atoms. The molecule has 6 rings (SSSR count). The second kappa shape index (κ2) is 7.06. The van der Waals surface area contributed by atoms with Gasteiger partial charge >= 0.3 is 0 Å². The van der Waals surface area contributed by atoms with E-state index in [2.05, 4.69) is 46.3 Å². The van der Waals surface area contributed by atoms with Gasteiger partial charge < -0.3 is 9.84 Å². The van der Waals surface area contributed by atoms with Crippen LogP contribution in [-0.2, 0) is 5.60 Å². The van der Waals surface area contributed by atoms with Crippen LogP contribution in [0.3, 0.4) is 0 Å². The zero-order valence-electron chi connectivity index (χ0n) is 16.4. The molecular weight excluding hydrogens is 468 g/mol. The third kappa shape index (κ3) is 2.79. The standard InChI is InChI=1S/C27H17BrO2S/c28-18-14-15-24-20(16-18)25-26(31-24)27(29,22-12-6-7-13-23(22)30-25)21-11-5-4-10-19(21)17-8-2-1-3-9-17/h1-16,29H. The fourth-order valence-electron chi connectivity index (χ4n) is 4.41. The van der Waals surface area contributed by atoms with E-state index in [4.69, 9.17) is 4.74 Å². The molecule has 2 nitrogen and oxygen atoms in total. The van der Waals surface area contributed by atoms with Crippen molar-refractivity contribution in [2.75, 3.05) is 0 Å². The zero-order valence-corrected chi connectivity index (χ0v) is 18.8. The zero-order chi connectivity index (χ0) is 21.0. The van der Waals surface area contributed by atoms with Gasteiger partial charge in [0.2, 0.25) is 0 Å². The SMILES string of the molecule is OC1(c2ccccc2-c2ccccc2)c2ccccc2Oc2c1sc1ccc(Br)cc21. The topological polar surface area (TPSA) is 29.5 Å². The van der Waals surface area contributed by atoms with Crippen molar-refractivity contribution >= 4 is 37.4 Å². The molecule has 5 aromatic rings. The Hall–Kier alpha value is -2.92. The minimum absolute atomic E-state index is 0.681. The molecule has 1 aliphatic heterocycles.